The first-order chi connectivity index (χ1) is 15.8. The third kappa shape index (κ3) is 3.55. The number of aryl methyl sites for hydroxylation is 1. The summed E-state index contributed by atoms with van der Waals surface area (Å²) in [5.41, 5.74) is 0.296. The second kappa shape index (κ2) is 7.85. The van der Waals surface area contributed by atoms with Gasteiger partial charge in [0.25, 0.3) is 11.5 Å². The van der Waals surface area contributed by atoms with E-state index in [9.17, 15) is 19.2 Å². The van der Waals surface area contributed by atoms with Crippen molar-refractivity contribution in [3.05, 3.63) is 61.9 Å². The van der Waals surface area contributed by atoms with Crippen LogP contribution in [0.4, 0.5) is 5.13 Å². The Kier molecular flexibility index (Phi) is 4.96. The number of carbonyl (C=O) groups is 2. The highest BCUT2D eigenvalue weighted by molar-refractivity contribution is 7.15. The molecule has 1 aliphatic heterocycles. The van der Waals surface area contributed by atoms with Gasteiger partial charge in [0.05, 0.1) is 24.8 Å². The van der Waals surface area contributed by atoms with Crippen LogP contribution in [-0.4, -0.2) is 46.9 Å². The van der Waals surface area contributed by atoms with E-state index in [2.05, 4.69) is 15.3 Å². The number of imidazole rings is 1. The molecule has 0 spiro atoms. The molecule has 0 unspecified atom stereocenters. The molecular weight excluding hydrogens is 450 g/mol. The lowest BCUT2D eigenvalue weighted by Crippen LogP contribution is -2.39. The lowest BCUT2D eigenvalue weighted by molar-refractivity contribution is -0.132. The highest BCUT2D eigenvalue weighted by Crippen LogP contribution is 2.29. The number of rotatable bonds is 4. The van der Waals surface area contributed by atoms with Crippen LogP contribution in [0.5, 0.6) is 0 Å². The first-order valence-electron chi connectivity index (χ1n) is 10.1. The van der Waals surface area contributed by atoms with E-state index in [0.717, 1.165) is 15.1 Å². The van der Waals surface area contributed by atoms with Gasteiger partial charge in [-0.2, -0.15) is 0 Å². The Hall–Kier alpha value is -4.00. The summed E-state index contributed by atoms with van der Waals surface area (Å²) < 4.78 is 8.83. The maximum atomic E-state index is 13.0. The number of thiazole rings is 1. The molecular formula is C20H19N7O5S. The molecule has 0 radical (unpaired) electrons. The van der Waals surface area contributed by atoms with Crippen molar-refractivity contribution in [3.8, 4) is 0 Å². The van der Waals surface area contributed by atoms with E-state index in [1.807, 2.05) is 0 Å². The van der Waals surface area contributed by atoms with E-state index in [1.165, 1.54) is 47.2 Å². The number of anilines is 1. The smallest absolute Gasteiger partial charge is 0.332 e. The Bertz CT molecular complexity index is 1510. The molecule has 0 atom stereocenters. The van der Waals surface area contributed by atoms with Gasteiger partial charge in [0.1, 0.15) is 6.54 Å². The average Bonchev–Trinajstić information content (AvgIpc) is 3.55. The second-order valence-corrected chi connectivity index (χ2v) is 8.72. The molecule has 33 heavy (non-hydrogen) atoms. The monoisotopic (exact) mass is 469 g/mol. The highest BCUT2D eigenvalue weighted by atomic mass is 32.1. The zero-order valence-electron chi connectivity index (χ0n) is 17.8. The number of hydrogen-bond donors (Lipinski definition) is 1. The van der Waals surface area contributed by atoms with Crippen LogP contribution in [0.15, 0.2) is 38.7 Å². The minimum Gasteiger partial charge on any atom is -0.459 e. The largest absolute Gasteiger partial charge is 0.459 e. The van der Waals surface area contributed by atoms with Gasteiger partial charge in [0.15, 0.2) is 22.1 Å². The Morgan fingerprint density at radius 1 is 1.24 bits per heavy atom. The lowest BCUT2D eigenvalue weighted by atomic mass is 10.2. The van der Waals surface area contributed by atoms with Gasteiger partial charge in [0.2, 0.25) is 5.91 Å². The molecule has 5 rings (SSSR count). The number of hydrogen-bond acceptors (Lipinski definition) is 8. The van der Waals surface area contributed by atoms with Crippen LogP contribution >= 0.6 is 11.3 Å². The molecule has 1 N–H and O–H groups in total. The van der Waals surface area contributed by atoms with Gasteiger partial charge in [-0.1, -0.05) is 11.3 Å². The minimum absolute atomic E-state index is 0.0832. The third-order valence-electron chi connectivity index (χ3n) is 5.57. The number of furan rings is 1. The van der Waals surface area contributed by atoms with Crippen LogP contribution in [0.3, 0.4) is 0 Å². The predicted molar refractivity (Wildman–Crippen MR) is 118 cm³/mol. The zero-order chi connectivity index (χ0) is 23.3. The van der Waals surface area contributed by atoms with Gasteiger partial charge < -0.3 is 13.9 Å². The topological polar surface area (TPSA) is 137 Å². The number of fused-ring (bicyclic) bond motifs is 2. The molecule has 0 aromatic carbocycles. The average molecular weight is 469 g/mol. The molecule has 0 aliphatic carbocycles. The number of aromatic nitrogens is 5. The van der Waals surface area contributed by atoms with Crippen LogP contribution in [0.1, 0.15) is 21.1 Å². The summed E-state index contributed by atoms with van der Waals surface area (Å²) in [4.78, 5) is 61.1. The highest BCUT2D eigenvalue weighted by Gasteiger charge is 2.26. The quantitative estimate of drug-likeness (QED) is 0.454. The maximum Gasteiger partial charge on any atom is 0.332 e. The second-order valence-electron chi connectivity index (χ2n) is 7.64. The summed E-state index contributed by atoms with van der Waals surface area (Å²) in [5.74, 6) is -0.386. The van der Waals surface area contributed by atoms with E-state index in [0.29, 0.717) is 24.6 Å². The van der Waals surface area contributed by atoms with Crippen LogP contribution in [-0.2, 0) is 38.4 Å². The number of nitrogens with zero attached hydrogens (tertiary/aromatic N) is 6. The molecule has 5 heterocycles. The van der Waals surface area contributed by atoms with Gasteiger partial charge in [-0.05, 0) is 12.1 Å². The van der Waals surface area contributed by atoms with E-state index in [-0.39, 0.29) is 35.3 Å². The van der Waals surface area contributed by atoms with Crippen LogP contribution in [0.25, 0.3) is 11.2 Å². The summed E-state index contributed by atoms with van der Waals surface area (Å²) in [6.07, 6.45) is 3.37. The van der Waals surface area contributed by atoms with Crippen LogP contribution < -0.4 is 16.6 Å². The fourth-order valence-electron chi connectivity index (χ4n) is 3.79. The standard InChI is InChI=1S/C20H19N7O5S/c1-24-16-15(18(30)25(2)20(24)31)27(10-21-16)9-14(28)26-6-5-11-13(8-26)33-19(22-11)23-17(29)12-4-3-7-32-12/h3-4,7,10H,5-6,8-9H2,1-2H3,(H,22,23,29). The molecule has 4 aromatic heterocycles. The molecule has 12 nitrogen and oxygen atoms in total. The van der Waals surface area contributed by atoms with E-state index < -0.39 is 11.2 Å². The zero-order valence-corrected chi connectivity index (χ0v) is 18.6. The summed E-state index contributed by atoms with van der Waals surface area (Å²) in [6, 6.07) is 3.19. The maximum absolute atomic E-state index is 13.0. The SMILES string of the molecule is Cn1c(=O)c2c(ncn2CC(=O)N2CCc3nc(NC(=O)c4ccco4)sc3C2)n(C)c1=O. The summed E-state index contributed by atoms with van der Waals surface area (Å²) in [6.45, 7) is 0.732. The van der Waals surface area contributed by atoms with E-state index >= 15 is 0 Å². The van der Waals surface area contributed by atoms with Crippen molar-refractivity contribution in [1.82, 2.24) is 28.6 Å². The Morgan fingerprint density at radius 2 is 2.06 bits per heavy atom. The molecule has 0 fully saturated rings. The van der Waals surface area contributed by atoms with Gasteiger partial charge in [0, 0.05) is 31.9 Å². The summed E-state index contributed by atoms with van der Waals surface area (Å²) in [5, 5.41) is 3.16. The fraction of sp³-hybridized carbons (Fsp3) is 0.300. The molecule has 13 heteroatoms. The molecule has 170 valence electrons. The number of amides is 2. The number of carbonyl (C=O) groups excluding carboxylic acids is 2. The van der Waals surface area contributed by atoms with Crippen molar-refractivity contribution in [1.29, 1.82) is 0 Å². The Morgan fingerprint density at radius 3 is 2.82 bits per heavy atom. The van der Waals surface area contributed by atoms with Gasteiger partial charge in [-0.15, -0.1) is 0 Å². The van der Waals surface area contributed by atoms with Gasteiger partial charge >= 0.3 is 5.69 Å². The summed E-state index contributed by atoms with van der Waals surface area (Å²) >= 11 is 1.31. The lowest BCUT2D eigenvalue weighted by Gasteiger charge is -2.26. The molecule has 0 bridgehead atoms. The fourth-order valence-corrected chi connectivity index (χ4v) is 4.81. The van der Waals surface area contributed by atoms with Crippen LogP contribution in [0, 0.1) is 0 Å². The van der Waals surface area contributed by atoms with Gasteiger partial charge in [-0.25, -0.2) is 14.8 Å². The third-order valence-corrected chi connectivity index (χ3v) is 6.57. The first kappa shape index (κ1) is 20.9. The predicted octanol–water partition coefficient (Wildman–Crippen LogP) is 0.320. The van der Waals surface area contributed by atoms with Crippen molar-refractivity contribution >= 4 is 39.4 Å². The number of nitrogens with one attached hydrogen (secondary N) is 1. The van der Waals surface area contributed by atoms with E-state index in [1.54, 1.807) is 17.0 Å². The molecule has 4 aromatic rings. The van der Waals surface area contributed by atoms with Crippen molar-refractivity contribution in [2.24, 2.45) is 14.1 Å². The van der Waals surface area contributed by atoms with Crippen molar-refractivity contribution in [3.63, 3.8) is 0 Å². The molecule has 0 saturated carbocycles. The van der Waals surface area contributed by atoms with Gasteiger partial charge in [-0.3, -0.25) is 28.8 Å². The normalized spacial score (nSPS) is 13.3. The van der Waals surface area contributed by atoms with Crippen molar-refractivity contribution in [2.75, 3.05) is 11.9 Å². The van der Waals surface area contributed by atoms with Crippen molar-refractivity contribution in [2.45, 2.75) is 19.5 Å². The summed E-state index contributed by atoms with van der Waals surface area (Å²) in [7, 11) is 2.92. The first-order valence-corrected chi connectivity index (χ1v) is 10.9. The van der Waals surface area contributed by atoms with Crippen LogP contribution in [0.2, 0.25) is 0 Å². The Labute approximate surface area is 189 Å². The molecule has 1 aliphatic rings. The Balaban J connectivity index is 1.33. The van der Waals surface area contributed by atoms with E-state index in [4.69, 9.17) is 4.42 Å². The molecule has 0 saturated heterocycles. The molecule has 2 amide bonds. The van der Waals surface area contributed by atoms with Crippen molar-refractivity contribution < 1.29 is 14.0 Å². The minimum atomic E-state index is -0.501.